The molecule has 0 radical (unpaired) electrons. The molecule has 1 N–H and O–H groups in total. The average molecular weight is 281 g/mol. The van der Waals surface area contributed by atoms with Crippen molar-refractivity contribution in [1.29, 1.82) is 0 Å². The van der Waals surface area contributed by atoms with Gasteiger partial charge in [0.25, 0.3) is 5.69 Å². The van der Waals surface area contributed by atoms with Gasteiger partial charge in [-0.25, -0.2) is 0 Å². The summed E-state index contributed by atoms with van der Waals surface area (Å²) >= 11 is 6.04. The van der Waals surface area contributed by atoms with E-state index in [-0.39, 0.29) is 11.7 Å². The third-order valence-electron chi connectivity index (χ3n) is 2.79. The lowest BCUT2D eigenvalue weighted by molar-refractivity contribution is -0.384. The molecule has 0 spiro atoms. The molecule has 1 atom stereocenters. The van der Waals surface area contributed by atoms with Gasteiger partial charge in [-0.3, -0.25) is 10.1 Å². The number of hydrogen-bond acceptors (Lipinski definition) is 4. The number of anilines is 1. The summed E-state index contributed by atoms with van der Waals surface area (Å²) < 4.78 is 5.35. The summed E-state index contributed by atoms with van der Waals surface area (Å²) in [6.45, 7) is 2.01. The maximum atomic E-state index is 10.6. The number of benzene rings is 1. The first kappa shape index (κ1) is 13.4. The molecule has 2 rings (SSSR count). The van der Waals surface area contributed by atoms with Gasteiger partial charge in [-0.15, -0.1) is 0 Å². The second kappa shape index (κ2) is 5.75. The lowest BCUT2D eigenvalue weighted by Gasteiger charge is -2.16. The fourth-order valence-electron chi connectivity index (χ4n) is 1.79. The zero-order chi connectivity index (χ0) is 13.8. The Bertz CT molecular complexity index is 569. The second-order valence-corrected chi connectivity index (χ2v) is 4.45. The van der Waals surface area contributed by atoms with Crippen LogP contribution in [0.4, 0.5) is 11.4 Å². The third-order valence-corrected chi connectivity index (χ3v) is 3.10. The molecule has 0 saturated heterocycles. The predicted molar refractivity (Wildman–Crippen MR) is 73.5 cm³/mol. The lowest BCUT2D eigenvalue weighted by Crippen LogP contribution is -2.09. The molecule has 100 valence electrons. The number of nitrogens with one attached hydrogen (secondary N) is 1. The molecule has 6 heteroatoms. The Morgan fingerprint density at radius 3 is 2.79 bits per heavy atom. The SMILES string of the molecule is CCC(Nc1ccc([N+](=O)[O-])cc1Cl)c1ccco1. The predicted octanol–water partition coefficient (Wildman–Crippen LogP) is 4.40. The normalized spacial score (nSPS) is 12.1. The molecular formula is C13H13ClN2O3. The maximum Gasteiger partial charge on any atom is 0.271 e. The summed E-state index contributed by atoms with van der Waals surface area (Å²) in [7, 11) is 0. The Morgan fingerprint density at radius 2 is 2.26 bits per heavy atom. The van der Waals surface area contributed by atoms with Crippen molar-refractivity contribution in [3.8, 4) is 0 Å². The lowest BCUT2D eigenvalue weighted by atomic mass is 10.1. The van der Waals surface area contributed by atoms with Crippen LogP contribution in [0, 0.1) is 10.1 Å². The molecule has 19 heavy (non-hydrogen) atoms. The number of non-ortho nitro benzene ring substituents is 1. The minimum atomic E-state index is -0.473. The van der Waals surface area contributed by atoms with Gasteiger partial charge in [0.05, 0.1) is 27.9 Å². The molecule has 1 unspecified atom stereocenters. The number of nitro benzene ring substituents is 1. The van der Waals surface area contributed by atoms with Gasteiger partial charge < -0.3 is 9.73 Å². The molecule has 0 saturated carbocycles. The summed E-state index contributed by atoms with van der Waals surface area (Å²) in [5, 5.41) is 14.2. The Labute approximate surface area is 115 Å². The van der Waals surface area contributed by atoms with Crippen LogP contribution in [-0.4, -0.2) is 4.92 Å². The van der Waals surface area contributed by atoms with Crippen LogP contribution in [0.3, 0.4) is 0 Å². The smallest absolute Gasteiger partial charge is 0.271 e. The van der Waals surface area contributed by atoms with Gasteiger partial charge in [0.15, 0.2) is 0 Å². The summed E-state index contributed by atoms with van der Waals surface area (Å²) in [5.41, 5.74) is 0.622. The topological polar surface area (TPSA) is 68.3 Å². The number of nitrogens with zero attached hydrogens (tertiary/aromatic N) is 1. The van der Waals surface area contributed by atoms with E-state index < -0.39 is 4.92 Å². The molecule has 1 aromatic carbocycles. The van der Waals surface area contributed by atoms with Gasteiger partial charge in [-0.05, 0) is 24.6 Å². The van der Waals surface area contributed by atoms with Crippen molar-refractivity contribution in [2.24, 2.45) is 0 Å². The van der Waals surface area contributed by atoms with E-state index in [0.29, 0.717) is 10.7 Å². The van der Waals surface area contributed by atoms with Crippen molar-refractivity contribution in [3.63, 3.8) is 0 Å². The molecule has 0 aliphatic rings. The van der Waals surface area contributed by atoms with Crippen LogP contribution < -0.4 is 5.32 Å². The Hall–Kier alpha value is -2.01. The van der Waals surface area contributed by atoms with Crippen molar-refractivity contribution < 1.29 is 9.34 Å². The average Bonchev–Trinajstić information content (AvgIpc) is 2.91. The standard InChI is InChI=1S/C13H13ClN2O3/c1-2-11(13-4-3-7-19-13)15-12-6-5-9(16(17)18)8-10(12)14/h3-8,11,15H,2H2,1H3. The molecule has 0 amide bonds. The molecule has 2 aromatic rings. The van der Waals surface area contributed by atoms with E-state index in [1.165, 1.54) is 12.1 Å². The number of rotatable bonds is 5. The molecule has 1 aromatic heterocycles. The van der Waals surface area contributed by atoms with E-state index in [1.807, 2.05) is 19.1 Å². The van der Waals surface area contributed by atoms with E-state index >= 15 is 0 Å². The Morgan fingerprint density at radius 1 is 1.47 bits per heavy atom. The van der Waals surface area contributed by atoms with Crippen LogP contribution in [0.2, 0.25) is 5.02 Å². The first-order valence-corrected chi connectivity index (χ1v) is 6.23. The van der Waals surface area contributed by atoms with Gasteiger partial charge in [0.2, 0.25) is 0 Å². The largest absolute Gasteiger partial charge is 0.467 e. The Kier molecular flexibility index (Phi) is 4.06. The van der Waals surface area contributed by atoms with Crippen LogP contribution in [-0.2, 0) is 0 Å². The van der Waals surface area contributed by atoms with E-state index in [0.717, 1.165) is 12.2 Å². The van der Waals surface area contributed by atoms with E-state index in [1.54, 1.807) is 12.3 Å². The zero-order valence-electron chi connectivity index (χ0n) is 10.3. The molecule has 0 fully saturated rings. The zero-order valence-corrected chi connectivity index (χ0v) is 11.1. The Balaban J connectivity index is 2.21. The second-order valence-electron chi connectivity index (χ2n) is 4.04. The molecular weight excluding hydrogens is 268 g/mol. The highest BCUT2D eigenvalue weighted by atomic mass is 35.5. The molecule has 0 aliphatic heterocycles. The van der Waals surface area contributed by atoms with Gasteiger partial charge in [0, 0.05) is 12.1 Å². The minimum absolute atomic E-state index is 0.0195. The number of furan rings is 1. The number of nitro groups is 1. The first-order valence-electron chi connectivity index (χ1n) is 5.85. The molecule has 5 nitrogen and oxygen atoms in total. The third kappa shape index (κ3) is 3.06. The van der Waals surface area contributed by atoms with Crippen molar-refractivity contribution >= 4 is 23.0 Å². The van der Waals surface area contributed by atoms with Crippen LogP contribution in [0.15, 0.2) is 41.0 Å². The van der Waals surface area contributed by atoms with Crippen LogP contribution in [0.1, 0.15) is 25.1 Å². The van der Waals surface area contributed by atoms with Gasteiger partial charge in [0.1, 0.15) is 5.76 Å². The van der Waals surface area contributed by atoms with Crippen LogP contribution in [0.5, 0.6) is 0 Å². The molecule has 1 heterocycles. The van der Waals surface area contributed by atoms with Crippen molar-refractivity contribution in [1.82, 2.24) is 0 Å². The van der Waals surface area contributed by atoms with Crippen LogP contribution in [0.25, 0.3) is 0 Å². The highest BCUT2D eigenvalue weighted by molar-refractivity contribution is 6.33. The van der Waals surface area contributed by atoms with Gasteiger partial charge >= 0.3 is 0 Å². The van der Waals surface area contributed by atoms with Gasteiger partial charge in [-0.1, -0.05) is 18.5 Å². The van der Waals surface area contributed by atoms with Crippen molar-refractivity contribution in [3.05, 3.63) is 57.5 Å². The summed E-state index contributed by atoms with van der Waals surface area (Å²) in [6.07, 6.45) is 2.41. The quantitative estimate of drug-likeness (QED) is 0.651. The molecule has 0 aliphatic carbocycles. The summed E-state index contributed by atoms with van der Waals surface area (Å²) in [4.78, 5) is 10.2. The van der Waals surface area contributed by atoms with E-state index in [2.05, 4.69) is 5.32 Å². The highest BCUT2D eigenvalue weighted by Gasteiger charge is 2.15. The number of hydrogen-bond donors (Lipinski definition) is 1. The monoisotopic (exact) mass is 280 g/mol. The minimum Gasteiger partial charge on any atom is -0.467 e. The van der Waals surface area contributed by atoms with Crippen LogP contribution >= 0.6 is 11.6 Å². The first-order chi connectivity index (χ1) is 9.11. The maximum absolute atomic E-state index is 10.6. The van der Waals surface area contributed by atoms with Crippen molar-refractivity contribution in [2.75, 3.05) is 5.32 Å². The highest BCUT2D eigenvalue weighted by Crippen LogP contribution is 2.30. The van der Waals surface area contributed by atoms with E-state index in [4.69, 9.17) is 16.0 Å². The van der Waals surface area contributed by atoms with E-state index in [9.17, 15) is 10.1 Å². The summed E-state index contributed by atoms with van der Waals surface area (Å²) in [6, 6.07) is 8.03. The van der Waals surface area contributed by atoms with Gasteiger partial charge in [-0.2, -0.15) is 0 Å². The summed E-state index contributed by atoms with van der Waals surface area (Å²) in [5.74, 6) is 0.803. The molecule has 0 bridgehead atoms. The number of halogens is 1. The fourth-order valence-corrected chi connectivity index (χ4v) is 2.02. The fraction of sp³-hybridized carbons (Fsp3) is 0.231. The van der Waals surface area contributed by atoms with Crippen molar-refractivity contribution in [2.45, 2.75) is 19.4 Å².